The van der Waals surface area contributed by atoms with E-state index in [0.29, 0.717) is 0 Å². The van der Waals surface area contributed by atoms with Gasteiger partial charge in [0.15, 0.2) is 0 Å². The molecule has 0 bridgehead atoms. The van der Waals surface area contributed by atoms with E-state index in [1.807, 2.05) is 12.1 Å². The van der Waals surface area contributed by atoms with Gasteiger partial charge in [-0.05, 0) is 17.7 Å². The molecule has 0 saturated heterocycles. The lowest BCUT2D eigenvalue weighted by atomic mass is 10.2. The van der Waals surface area contributed by atoms with Crippen LogP contribution in [0.1, 0.15) is 5.56 Å². The van der Waals surface area contributed by atoms with Gasteiger partial charge in [0, 0.05) is 37.9 Å². The number of halogens is 2. The molecule has 0 saturated carbocycles. The fourth-order valence-electron chi connectivity index (χ4n) is 1.31. The monoisotopic (exact) mass is 344 g/mol. The largest absolute Gasteiger partial charge is 1.00 e. The molecule has 0 unspecified atom stereocenters. The van der Waals surface area contributed by atoms with Gasteiger partial charge in [0.2, 0.25) is 0 Å². The predicted molar refractivity (Wildman–Crippen MR) is 67.9 cm³/mol. The maximum absolute atomic E-state index is 11.0. The fraction of sp³-hybridized carbons (Fsp3) is 0.400. The minimum atomic E-state index is -3.58. The Kier molecular flexibility index (Phi) is 5.95. The maximum Gasteiger partial charge on any atom is 0.261 e. The smallest absolute Gasteiger partial charge is 0.261 e. The summed E-state index contributed by atoms with van der Waals surface area (Å²) in [5, 5.41) is 0. The molecular weight excluding hydrogens is 331 g/mol. The predicted octanol–water partition coefficient (Wildman–Crippen LogP) is 0.0251. The third-order valence-corrected chi connectivity index (χ3v) is 4.55. The van der Waals surface area contributed by atoms with Crippen molar-refractivity contribution < 1.29 is 25.4 Å². The Morgan fingerprint density at radius 1 is 1.12 bits per heavy atom. The molecule has 1 aromatic carbocycles. The topological polar surface area (TPSA) is 34.1 Å². The van der Waals surface area contributed by atoms with Crippen molar-refractivity contribution in [1.82, 2.24) is 0 Å². The zero-order chi connectivity index (χ0) is 11.7. The highest BCUT2D eigenvalue weighted by atomic mass is 79.9. The summed E-state index contributed by atoms with van der Waals surface area (Å²) in [4.78, 5) is 0.167. The highest BCUT2D eigenvalue weighted by molar-refractivity contribution is 8.13. The van der Waals surface area contributed by atoms with Crippen molar-refractivity contribution >= 4 is 27.0 Å². The van der Waals surface area contributed by atoms with Crippen LogP contribution in [0.3, 0.4) is 0 Å². The summed E-state index contributed by atoms with van der Waals surface area (Å²) >= 11 is 0. The first-order valence-corrected chi connectivity index (χ1v) is 10.1. The highest BCUT2D eigenvalue weighted by Crippen LogP contribution is 2.49. The Morgan fingerprint density at radius 3 is 1.88 bits per heavy atom. The minimum absolute atomic E-state index is 0. The normalized spacial score (nSPS) is 12.0. The summed E-state index contributed by atoms with van der Waals surface area (Å²) in [6.45, 7) is 6.75. The van der Waals surface area contributed by atoms with Crippen LogP contribution in [0.4, 0.5) is 0 Å². The lowest BCUT2D eigenvalue weighted by molar-refractivity contribution is -0.00000567. The molecule has 92 valence electrons. The van der Waals surface area contributed by atoms with Crippen LogP contribution >= 0.6 is 17.9 Å². The molecule has 0 fully saturated rings. The van der Waals surface area contributed by atoms with E-state index in [0.717, 1.165) is 6.16 Å². The van der Waals surface area contributed by atoms with Gasteiger partial charge >= 0.3 is 0 Å². The minimum Gasteiger partial charge on any atom is -1.00 e. The van der Waals surface area contributed by atoms with Gasteiger partial charge in [-0.2, -0.15) is 0 Å². The van der Waals surface area contributed by atoms with Gasteiger partial charge in [-0.15, -0.1) is 0 Å². The molecule has 6 heteroatoms. The van der Waals surface area contributed by atoms with Crippen molar-refractivity contribution in [1.29, 1.82) is 0 Å². The molecule has 0 N–H and O–H groups in total. The molecule has 0 atom stereocenters. The molecule has 0 aliphatic heterocycles. The molecule has 2 nitrogen and oxygen atoms in total. The zero-order valence-corrected chi connectivity index (χ0v) is 13.5. The quantitative estimate of drug-likeness (QED) is 0.572. The Bertz CT molecular complexity index is 437. The van der Waals surface area contributed by atoms with Gasteiger partial charge < -0.3 is 17.0 Å². The van der Waals surface area contributed by atoms with Crippen LogP contribution in [-0.4, -0.2) is 28.4 Å². The molecule has 0 aliphatic carbocycles. The summed E-state index contributed by atoms with van der Waals surface area (Å²) in [6.07, 6.45) is 1.02. The first-order chi connectivity index (χ1) is 6.68. The van der Waals surface area contributed by atoms with E-state index in [1.165, 1.54) is 5.56 Å². The Balaban J connectivity index is 0.00000225. The van der Waals surface area contributed by atoms with Gasteiger partial charge in [-0.3, -0.25) is 0 Å². The van der Waals surface area contributed by atoms with E-state index in [1.54, 1.807) is 12.1 Å². The lowest BCUT2D eigenvalue weighted by Gasteiger charge is -2.11. The van der Waals surface area contributed by atoms with E-state index in [9.17, 15) is 8.42 Å². The van der Waals surface area contributed by atoms with E-state index >= 15 is 0 Å². The highest BCUT2D eigenvalue weighted by Gasteiger charge is 2.18. The maximum atomic E-state index is 11.0. The van der Waals surface area contributed by atoms with Crippen LogP contribution in [0, 0.1) is 0 Å². The molecule has 1 rings (SSSR count). The van der Waals surface area contributed by atoms with Gasteiger partial charge in [-0.25, -0.2) is 8.42 Å². The third kappa shape index (κ3) is 5.62. The van der Waals surface area contributed by atoms with Crippen LogP contribution < -0.4 is 17.0 Å². The van der Waals surface area contributed by atoms with Crippen LogP contribution in [0.25, 0.3) is 0 Å². The summed E-state index contributed by atoms with van der Waals surface area (Å²) < 4.78 is 22.0. The number of hydrogen-bond acceptors (Lipinski definition) is 2. The molecule has 1 aromatic rings. The van der Waals surface area contributed by atoms with Crippen LogP contribution in [0.2, 0.25) is 0 Å². The van der Waals surface area contributed by atoms with E-state index < -0.39 is 16.3 Å². The third-order valence-electron chi connectivity index (χ3n) is 1.86. The summed E-state index contributed by atoms with van der Waals surface area (Å²) in [5.41, 5.74) is 1.17. The summed E-state index contributed by atoms with van der Waals surface area (Å²) in [7, 11) is 0.765. The van der Waals surface area contributed by atoms with Gasteiger partial charge in [0.05, 0.1) is 11.1 Å². The van der Waals surface area contributed by atoms with Crippen molar-refractivity contribution in [2.75, 3.05) is 20.0 Å². The SMILES string of the molecule is C[P+](C)(C)Cc1ccc(S(=O)(=O)Cl)cc1.[Br-]. The second kappa shape index (κ2) is 5.81. The second-order valence-corrected chi connectivity index (χ2v) is 12.0. The summed E-state index contributed by atoms with van der Waals surface area (Å²) in [5.74, 6) is 0. The van der Waals surface area contributed by atoms with E-state index in [4.69, 9.17) is 10.7 Å². The van der Waals surface area contributed by atoms with Crippen molar-refractivity contribution in [3.63, 3.8) is 0 Å². The van der Waals surface area contributed by atoms with Gasteiger partial charge in [-0.1, -0.05) is 12.1 Å². The van der Waals surface area contributed by atoms with Crippen LogP contribution in [0.15, 0.2) is 29.2 Å². The second-order valence-electron chi connectivity index (χ2n) is 4.53. The fourth-order valence-corrected chi connectivity index (χ4v) is 3.38. The Morgan fingerprint density at radius 2 is 1.56 bits per heavy atom. The molecule has 16 heavy (non-hydrogen) atoms. The van der Waals surface area contributed by atoms with Gasteiger partial charge in [0.25, 0.3) is 9.05 Å². The van der Waals surface area contributed by atoms with Crippen molar-refractivity contribution in [3.05, 3.63) is 29.8 Å². The van der Waals surface area contributed by atoms with Crippen LogP contribution in [-0.2, 0) is 15.2 Å². The van der Waals surface area contributed by atoms with Crippen molar-refractivity contribution in [2.24, 2.45) is 0 Å². The van der Waals surface area contributed by atoms with Gasteiger partial charge in [0.1, 0.15) is 0 Å². The number of benzene rings is 1. The zero-order valence-electron chi connectivity index (χ0n) is 9.44. The first kappa shape index (κ1) is 16.4. The Hall–Kier alpha value is 0.370. The van der Waals surface area contributed by atoms with Crippen molar-refractivity contribution in [2.45, 2.75) is 11.1 Å². The average molecular weight is 346 g/mol. The molecule has 0 radical (unpaired) electrons. The summed E-state index contributed by atoms with van der Waals surface area (Å²) in [6, 6.07) is 6.79. The lowest BCUT2D eigenvalue weighted by Crippen LogP contribution is -3.00. The molecule has 0 heterocycles. The average Bonchev–Trinajstić information content (AvgIpc) is 2.00. The standard InChI is InChI=1S/C10H15ClO2PS.BrH/c1-14(2,3)8-9-4-6-10(7-5-9)15(11,12)13;/h4-7H,8H2,1-3H3;1H/q+1;/p-1. The molecule has 0 amide bonds. The van der Waals surface area contributed by atoms with Crippen LogP contribution in [0.5, 0.6) is 0 Å². The van der Waals surface area contributed by atoms with E-state index in [-0.39, 0.29) is 21.9 Å². The van der Waals surface area contributed by atoms with E-state index in [2.05, 4.69) is 20.0 Å². The molecule has 0 aromatic heterocycles. The first-order valence-electron chi connectivity index (χ1n) is 4.52. The Labute approximate surface area is 113 Å². The molecule has 0 spiro atoms. The molecule has 0 aliphatic rings. The number of hydrogen-bond donors (Lipinski definition) is 0. The molecular formula is C10H15BrClO2PS. The van der Waals surface area contributed by atoms with Crippen molar-refractivity contribution in [3.8, 4) is 0 Å². The number of rotatable bonds is 3.